The van der Waals surface area contributed by atoms with Crippen molar-refractivity contribution in [1.29, 1.82) is 0 Å². The van der Waals surface area contributed by atoms with E-state index >= 15 is 0 Å². The SMILES string of the molecule is CC(C)N(CCOc1ccccc1-c1nc(N)sc1-c1ccsc1)C(C)C. The van der Waals surface area contributed by atoms with E-state index in [9.17, 15) is 0 Å². The van der Waals surface area contributed by atoms with E-state index in [0.29, 0.717) is 23.8 Å². The molecule has 0 saturated carbocycles. The Morgan fingerprint density at radius 3 is 2.52 bits per heavy atom. The fourth-order valence-corrected chi connectivity index (χ4v) is 4.83. The molecule has 0 aliphatic carbocycles. The average molecular weight is 402 g/mol. The van der Waals surface area contributed by atoms with Gasteiger partial charge in [-0.2, -0.15) is 11.3 Å². The molecular formula is C21H27N3OS2. The Morgan fingerprint density at radius 2 is 1.85 bits per heavy atom. The van der Waals surface area contributed by atoms with E-state index < -0.39 is 0 Å². The predicted molar refractivity (Wildman–Crippen MR) is 118 cm³/mol. The number of thiazole rings is 1. The minimum Gasteiger partial charge on any atom is -0.492 e. The number of nitrogen functional groups attached to an aromatic ring is 1. The van der Waals surface area contributed by atoms with E-state index in [0.717, 1.165) is 34.0 Å². The Morgan fingerprint density at radius 1 is 1.11 bits per heavy atom. The number of hydrogen-bond donors (Lipinski definition) is 1. The van der Waals surface area contributed by atoms with Gasteiger partial charge in [-0.05, 0) is 56.7 Å². The Kier molecular flexibility index (Phi) is 6.52. The van der Waals surface area contributed by atoms with Crippen molar-refractivity contribution in [2.75, 3.05) is 18.9 Å². The van der Waals surface area contributed by atoms with Crippen molar-refractivity contribution in [2.24, 2.45) is 0 Å². The molecule has 2 heterocycles. The quantitative estimate of drug-likeness (QED) is 0.532. The highest BCUT2D eigenvalue weighted by atomic mass is 32.1. The molecule has 144 valence electrons. The Labute approximate surface area is 169 Å². The zero-order valence-corrected chi connectivity index (χ0v) is 17.9. The van der Waals surface area contributed by atoms with Crippen LogP contribution < -0.4 is 10.5 Å². The van der Waals surface area contributed by atoms with E-state index in [1.807, 2.05) is 18.2 Å². The van der Waals surface area contributed by atoms with Crippen molar-refractivity contribution >= 4 is 27.8 Å². The average Bonchev–Trinajstić information content (AvgIpc) is 3.27. The molecule has 0 amide bonds. The number of anilines is 1. The van der Waals surface area contributed by atoms with Gasteiger partial charge in [0.25, 0.3) is 0 Å². The summed E-state index contributed by atoms with van der Waals surface area (Å²) in [6.45, 7) is 10.4. The van der Waals surface area contributed by atoms with Crippen LogP contribution in [0.15, 0.2) is 41.1 Å². The summed E-state index contributed by atoms with van der Waals surface area (Å²) in [5.41, 5.74) is 9.09. The smallest absolute Gasteiger partial charge is 0.181 e. The molecule has 0 bridgehead atoms. The number of ether oxygens (including phenoxy) is 1. The maximum Gasteiger partial charge on any atom is 0.181 e. The third-order valence-electron chi connectivity index (χ3n) is 4.50. The van der Waals surface area contributed by atoms with Crippen LogP contribution in [0.2, 0.25) is 0 Å². The zero-order chi connectivity index (χ0) is 19.4. The van der Waals surface area contributed by atoms with Gasteiger partial charge >= 0.3 is 0 Å². The van der Waals surface area contributed by atoms with E-state index in [2.05, 4.69) is 60.5 Å². The number of benzene rings is 1. The summed E-state index contributed by atoms with van der Waals surface area (Å²) < 4.78 is 6.19. The van der Waals surface area contributed by atoms with Crippen molar-refractivity contribution in [3.63, 3.8) is 0 Å². The topological polar surface area (TPSA) is 51.4 Å². The molecule has 0 aliphatic rings. The van der Waals surface area contributed by atoms with Gasteiger partial charge in [0.05, 0.1) is 10.6 Å². The van der Waals surface area contributed by atoms with Gasteiger partial charge in [0.2, 0.25) is 0 Å². The molecule has 0 spiro atoms. The lowest BCUT2D eigenvalue weighted by Gasteiger charge is -2.30. The van der Waals surface area contributed by atoms with Gasteiger partial charge < -0.3 is 10.5 Å². The second-order valence-electron chi connectivity index (χ2n) is 7.01. The largest absolute Gasteiger partial charge is 0.492 e. The molecule has 0 saturated heterocycles. The Bertz CT molecular complexity index is 848. The summed E-state index contributed by atoms with van der Waals surface area (Å²) in [6.07, 6.45) is 0. The van der Waals surface area contributed by atoms with Crippen molar-refractivity contribution in [2.45, 2.75) is 39.8 Å². The van der Waals surface area contributed by atoms with E-state index in [1.165, 1.54) is 11.3 Å². The van der Waals surface area contributed by atoms with Gasteiger partial charge in [0.1, 0.15) is 12.4 Å². The fourth-order valence-electron chi connectivity index (χ4n) is 3.27. The molecule has 0 atom stereocenters. The zero-order valence-electron chi connectivity index (χ0n) is 16.3. The van der Waals surface area contributed by atoms with E-state index in [1.54, 1.807) is 11.3 Å². The van der Waals surface area contributed by atoms with Crippen LogP contribution in [0, 0.1) is 0 Å². The molecular weight excluding hydrogens is 374 g/mol. The predicted octanol–water partition coefficient (Wildman–Crippen LogP) is 5.62. The fraction of sp³-hybridized carbons (Fsp3) is 0.381. The second kappa shape index (κ2) is 8.87. The van der Waals surface area contributed by atoms with Crippen LogP contribution in [0.1, 0.15) is 27.7 Å². The summed E-state index contributed by atoms with van der Waals surface area (Å²) in [4.78, 5) is 8.13. The van der Waals surface area contributed by atoms with Gasteiger partial charge in [-0.15, -0.1) is 0 Å². The summed E-state index contributed by atoms with van der Waals surface area (Å²) in [6, 6.07) is 11.2. The van der Waals surface area contributed by atoms with Gasteiger partial charge in [-0.25, -0.2) is 4.98 Å². The molecule has 27 heavy (non-hydrogen) atoms. The van der Waals surface area contributed by atoms with Crippen LogP contribution in [0.4, 0.5) is 5.13 Å². The molecule has 0 unspecified atom stereocenters. The van der Waals surface area contributed by atoms with Crippen LogP contribution in [-0.4, -0.2) is 35.1 Å². The van der Waals surface area contributed by atoms with Crippen LogP contribution >= 0.6 is 22.7 Å². The minimum absolute atomic E-state index is 0.493. The molecule has 2 N–H and O–H groups in total. The summed E-state index contributed by atoms with van der Waals surface area (Å²) in [5, 5.41) is 4.78. The normalized spacial score (nSPS) is 11.7. The number of thiophene rings is 1. The van der Waals surface area contributed by atoms with Crippen molar-refractivity contribution < 1.29 is 4.74 Å². The monoisotopic (exact) mass is 401 g/mol. The van der Waals surface area contributed by atoms with E-state index in [-0.39, 0.29) is 0 Å². The lowest BCUT2D eigenvalue weighted by atomic mass is 10.1. The van der Waals surface area contributed by atoms with Crippen molar-refractivity contribution in [1.82, 2.24) is 9.88 Å². The number of hydrogen-bond acceptors (Lipinski definition) is 6. The number of para-hydroxylation sites is 1. The molecule has 0 aliphatic heterocycles. The van der Waals surface area contributed by atoms with Crippen LogP contribution in [0.3, 0.4) is 0 Å². The second-order valence-corrected chi connectivity index (χ2v) is 8.82. The summed E-state index contributed by atoms with van der Waals surface area (Å²) >= 11 is 3.20. The molecule has 0 fully saturated rings. The first-order valence-electron chi connectivity index (χ1n) is 9.24. The van der Waals surface area contributed by atoms with Crippen molar-refractivity contribution in [3.05, 3.63) is 41.1 Å². The highest BCUT2D eigenvalue weighted by Gasteiger charge is 2.18. The standard InChI is InChI=1S/C21H27N3OS2/c1-14(2)24(15(3)4)10-11-25-18-8-6-5-7-17(18)19-20(27-21(22)23-19)16-9-12-26-13-16/h5-9,12-15H,10-11H2,1-4H3,(H2,22,23). The minimum atomic E-state index is 0.493. The summed E-state index contributed by atoms with van der Waals surface area (Å²) in [5.74, 6) is 0.853. The molecule has 3 aromatic rings. The van der Waals surface area contributed by atoms with Gasteiger partial charge in [-0.3, -0.25) is 4.90 Å². The maximum absolute atomic E-state index is 6.19. The lowest BCUT2D eigenvalue weighted by Crippen LogP contribution is -2.39. The molecule has 2 aromatic heterocycles. The highest BCUT2D eigenvalue weighted by Crippen LogP contribution is 2.41. The first kappa shape index (κ1) is 19.9. The molecule has 0 radical (unpaired) electrons. The van der Waals surface area contributed by atoms with Crippen LogP contribution in [-0.2, 0) is 0 Å². The number of aromatic nitrogens is 1. The lowest BCUT2D eigenvalue weighted by molar-refractivity contribution is 0.142. The third-order valence-corrected chi connectivity index (χ3v) is 6.12. The molecule has 3 rings (SSSR count). The Hall–Kier alpha value is -1.89. The molecule has 6 heteroatoms. The third kappa shape index (κ3) is 4.69. The molecule has 1 aromatic carbocycles. The highest BCUT2D eigenvalue weighted by molar-refractivity contribution is 7.19. The van der Waals surface area contributed by atoms with Gasteiger partial charge in [0.15, 0.2) is 5.13 Å². The van der Waals surface area contributed by atoms with Crippen LogP contribution in [0.5, 0.6) is 5.75 Å². The Balaban J connectivity index is 1.84. The number of nitrogens with zero attached hydrogens (tertiary/aromatic N) is 2. The van der Waals surface area contributed by atoms with E-state index in [4.69, 9.17) is 10.5 Å². The molecule has 4 nitrogen and oxygen atoms in total. The first-order valence-corrected chi connectivity index (χ1v) is 11.0. The number of rotatable bonds is 8. The van der Waals surface area contributed by atoms with Crippen LogP contribution in [0.25, 0.3) is 21.7 Å². The first-order chi connectivity index (χ1) is 13.0. The van der Waals surface area contributed by atoms with Crippen molar-refractivity contribution in [3.8, 4) is 27.4 Å². The number of nitrogens with two attached hydrogens (primary N) is 1. The van der Waals surface area contributed by atoms with Gasteiger partial charge in [0, 0.05) is 29.8 Å². The summed E-state index contributed by atoms with van der Waals surface area (Å²) in [7, 11) is 0. The van der Waals surface area contributed by atoms with Gasteiger partial charge in [-0.1, -0.05) is 23.5 Å². The maximum atomic E-state index is 6.19.